The molecule has 0 aliphatic carbocycles. The number of rotatable bonds is 7. The second-order valence-corrected chi connectivity index (χ2v) is 7.24. The lowest BCUT2D eigenvalue weighted by Crippen LogP contribution is -2.26. The van der Waals surface area contributed by atoms with Gasteiger partial charge in [0.15, 0.2) is 0 Å². The highest BCUT2D eigenvalue weighted by Crippen LogP contribution is 2.25. The van der Waals surface area contributed by atoms with Crippen molar-refractivity contribution < 1.29 is 14.3 Å². The molecule has 1 N–H and O–H groups in total. The van der Waals surface area contributed by atoms with Crippen LogP contribution in [0.3, 0.4) is 0 Å². The molecule has 29 heavy (non-hydrogen) atoms. The molecule has 1 atom stereocenters. The number of carbonyl (C=O) groups is 1. The zero-order valence-electron chi connectivity index (χ0n) is 16.7. The first-order valence-corrected chi connectivity index (χ1v) is 9.77. The van der Waals surface area contributed by atoms with Gasteiger partial charge in [0.25, 0.3) is 5.91 Å². The predicted molar refractivity (Wildman–Crippen MR) is 116 cm³/mol. The molecule has 4 nitrogen and oxygen atoms in total. The molecule has 0 aromatic heterocycles. The lowest BCUT2D eigenvalue weighted by Gasteiger charge is -2.16. The summed E-state index contributed by atoms with van der Waals surface area (Å²) in [5, 5.41) is 3.72. The van der Waals surface area contributed by atoms with Crippen LogP contribution >= 0.6 is 11.6 Å². The minimum Gasteiger partial charge on any atom is -0.496 e. The Hall–Kier alpha value is -2.98. The molecule has 0 saturated heterocycles. The van der Waals surface area contributed by atoms with Crippen LogP contribution in [-0.2, 0) is 6.61 Å². The first-order chi connectivity index (χ1) is 14.0. The van der Waals surface area contributed by atoms with Crippen molar-refractivity contribution in [3.05, 3.63) is 94.0 Å². The van der Waals surface area contributed by atoms with Crippen molar-refractivity contribution in [3.8, 4) is 11.5 Å². The van der Waals surface area contributed by atoms with E-state index < -0.39 is 0 Å². The Balaban J connectivity index is 1.73. The van der Waals surface area contributed by atoms with E-state index in [1.807, 2.05) is 56.3 Å². The number of aryl methyl sites for hydroxylation is 1. The van der Waals surface area contributed by atoms with Crippen LogP contribution < -0.4 is 14.8 Å². The second-order valence-electron chi connectivity index (χ2n) is 6.83. The van der Waals surface area contributed by atoms with E-state index in [9.17, 15) is 4.79 Å². The van der Waals surface area contributed by atoms with Gasteiger partial charge < -0.3 is 14.8 Å². The molecule has 3 aromatic rings. The fraction of sp³-hybridized carbons (Fsp3) is 0.208. The summed E-state index contributed by atoms with van der Waals surface area (Å²) in [5.74, 6) is 1.23. The third-order valence-corrected chi connectivity index (χ3v) is 5.14. The van der Waals surface area contributed by atoms with Crippen LogP contribution in [0.5, 0.6) is 11.5 Å². The van der Waals surface area contributed by atoms with E-state index >= 15 is 0 Å². The van der Waals surface area contributed by atoms with E-state index in [1.54, 1.807) is 31.4 Å². The minimum absolute atomic E-state index is 0.0949. The van der Waals surface area contributed by atoms with Gasteiger partial charge >= 0.3 is 0 Å². The number of hydrogen-bond acceptors (Lipinski definition) is 3. The molecule has 5 heteroatoms. The zero-order valence-corrected chi connectivity index (χ0v) is 17.5. The van der Waals surface area contributed by atoms with E-state index in [0.717, 1.165) is 16.7 Å². The van der Waals surface area contributed by atoms with Crippen molar-refractivity contribution in [2.45, 2.75) is 26.5 Å². The number of benzene rings is 3. The molecule has 0 saturated carbocycles. The maximum absolute atomic E-state index is 12.7. The van der Waals surface area contributed by atoms with Crippen molar-refractivity contribution in [1.82, 2.24) is 5.32 Å². The first-order valence-electron chi connectivity index (χ1n) is 9.39. The summed E-state index contributed by atoms with van der Waals surface area (Å²) < 4.78 is 11.3. The Bertz CT molecular complexity index is 989. The van der Waals surface area contributed by atoms with E-state index in [4.69, 9.17) is 21.1 Å². The molecule has 0 spiro atoms. The molecule has 0 aliphatic rings. The third kappa shape index (κ3) is 5.30. The number of nitrogens with one attached hydrogen (secondary N) is 1. The standard InChI is InChI=1S/C24H24ClNO3/c1-16-13-21(10-11-22(16)25)29-15-20-14-19(9-12-23(20)28-3)24(27)26-17(2)18-7-5-4-6-8-18/h4-14,17H,15H2,1-3H3,(H,26,27)/t17-/m0/s1. The third-order valence-electron chi connectivity index (χ3n) is 4.71. The number of amides is 1. The van der Waals surface area contributed by atoms with Gasteiger partial charge in [-0.1, -0.05) is 41.9 Å². The fourth-order valence-electron chi connectivity index (χ4n) is 3.01. The molecule has 3 rings (SSSR count). The molecule has 0 radical (unpaired) electrons. The Morgan fingerprint density at radius 2 is 1.83 bits per heavy atom. The van der Waals surface area contributed by atoms with Gasteiger partial charge in [0, 0.05) is 16.1 Å². The van der Waals surface area contributed by atoms with Crippen LogP contribution in [0.2, 0.25) is 5.02 Å². The molecule has 3 aromatic carbocycles. The monoisotopic (exact) mass is 409 g/mol. The molecular formula is C24H24ClNO3. The van der Waals surface area contributed by atoms with E-state index in [0.29, 0.717) is 22.1 Å². The Morgan fingerprint density at radius 3 is 2.52 bits per heavy atom. The van der Waals surface area contributed by atoms with Crippen LogP contribution in [0.4, 0.5) is 0 Å². The highest BCUT2D eigenvalue weighted by molar-refractivity contribution is 6.31. The van der Waals surface area contributed by atoms with Crippen LogP contribution in [0.1, 0.15) is 40.0 Å². The van der Waals surface area contributed by atoms with Crippen molar-refractivity contribution in [1.29, 1.82) is 0 Å². The van der Waals surface area contributed by atoms with Gasteiger partial charge in [0.05, 0.1) is 13.2 Å². The topological polar surface area (TPSA) is 47.6 Å². The average molecular weight is 410 g/mol. The first kappa shape index (κ1) is 20.7. The van der Waals surface area contributed by atoms with Gasteiger partial charge in [-0.2, -0.15) is 0 Å². The normalized spacial score (nSPS) is 11.6. The maximum Gasteiger partial charge on any atom is 0.251 e. The highest BCUT2D eigenvalue weighted by atomic mass is 35.5. The SMILES string of the molecule is COc1ccc(C(=O)N[C@@H](C)c2ccccc2)cc1COc1ccc(Cl)c(C)c1. The minimum atomic E-state index is -0.146. The molecule has 0 bridgehead atoms. The average Bonchev–Trinajstić information content (AvgIpc) is 2.74. The zero-order chi connectivity index (χ0) is 20.8. The van der Waals surface area contributed by atoms with Gasteiger partial charge in [-0.25, -0.2) is 0 Å². The van der Waals surface area contributed by atoms with E-state index in [2.05, 4.69) is 5.32 Å². The quantitative estimate of drug-likeness (QED) is 0.542. The Kier molecular flexibility index (Phi) is 6.78. The predicted octanol–water partition coefficient (Wildman–Crippen LogP) is 5.73. The molecule has 0 fully saturated rings. The van der Waals surface area contributed by atoms with Crippen molar-refractivity contribution in [2.75, 3.05) is 7.11 Å². The lowest BCUT2D eigenvalue weighted by molar-refractivity contribution is 0.0939. The lowest BCUT2D eigenvalue weighted by atomic mass is 10.1. The van der Waals surface area contributed by atoms with E-state index in [1.165, 1.54) is 0 Å². The second kappa shape index (κ2) is 9.48. The number of ether oxygens (including phenoxy) is 2. The summed E-state index contributed by atoms with van der Waals surface area (Å²) in [6, 6.07) is 20.6. The van der Waals surface area contributed by atoms with Gasteiger partial charge in [-0.15, -0.1) is 0 Å². The summed E-state index contributed by atoms with van der Waals surface area (Å²) in [6.07, 6.45) is 0. The summed E-state index contributed by atoms with van der Waals surface area (Å²) in [4.78, 5) is 12.7. The van der Waals surface area contributed by atoms with Crippen LogP contribution in [0.15, 0.2) is 66.7 Å². The summed E-state index contributed by atoms with van der Waals surface area (Å²) >= 11 is 6.07. The molecule has 0 unspecified atom stereocenters. The fourth-order valence-corrected chi connectivity index (χ4v) is 3.12. The maximum atomic E-state index is 12.7. The van der Waals surface area contributed by atoms with Crippen LogP contribution in [0, 0.1) is 6.92 Å². The Labute approximate surface area is 176 Å². The van der Waals surface area contributed by atoms with Crippen LogP contribution in [-0.4, -0.2) is 13.0 Å². The van der Waals surface area contributed by atoms with Crippen LogP contribution in [0.25, 0.3) is 0 Å². The smallest absolute Gasteiger partial charge is 0.251 e. The van der Waals surface area contributed by atoms with Gasteiger partial charge in [0.2, 0.25) is 0 Å². The molecular weight excluding hydrogens is 386 g/mol. The van der Waals surface area contributed by atoms with Gasteiger partial charge in [-0.05, 0) is 61.4 Å². The number of hydrogen-bond donors (Lipinski definition) is 1. The van der Waals surface area contributed by atoms with Crippen molar-refractivity contribution in [2.24, 2.45) is 0 Å². The van der Waals surface area contributed by atoms with Gasteiger partial charge in [-0.3, -0.25) is 4.79 Å². The Morgan fingerprint density at radius 1 is 1.07 bits per heavy atom. The molecule has 150 valence electrons. The summed E-state index contributed by atoms with van der Waals surface area (Å²) in [5.41, 5.74) is 3.34. The molecule has 0 aliphatic heterocycles. The summed E-state index contributed by atoms with van der Waals surface area (Å²) in [7, 11) is 1.60. The molecule has 0 heterocycles. The van der Waals surface area contributed by atoms with Crippen molar-refractivity contribution in [3.63, 3.8) is 0 Å². The number of carbonyl (C=O) groups excluding carboxylic acids is 1. The van der Waals surface area contributed by atoms with Crippen molar-refractivity contribution >= 4 is 17.5 Å². The van der Waals surface area contributed by atoms with E-state index in [-0.39, 0.29) is 18.6 Å². The largest absolute Gasteiger partial charge is 0.496 e. The van der Waals surface area contributed by atoms with Gasteiger partial charge in [0.1, 0.15) is 18.1 Å². The number of halogens is 1. The number of methoxy groups -OCH3 is 1. The summed E-state index contributed by atoms with van der Waals surface area (Å²) in [6.45, 7) is 4.16. The molecule has 1 amide bonds. The highest BCUT2D eigenvalue weighted by Gasteiger charge is 2.14.